The molecule has 0 atom stereocenters. The van der Waals surface area contributed by atoms with Gasteiger partial charge in [0.1, 0.15) is 0 Å². The van der Waals surface area contributed by atoms with Gasteiger partial charge in [-0.2, -0.15) is 72.8 Å². The second-order valence-electron chi connectivity index (χ2n) is 9.69. The first-order valence-corrected chi connectivity index (χ1v) is 13.6. The summed E-state index contributed by atoms with van der Waals surface area (Å²) in [6.07, 6.45) is 0. The first kappa shape index (κ1) is 38.8. The third-order valence-electron chi connectivity index (χ3n) is 6.96. The second-order valence-corrected chi connectivity index (χ2v) is 9.69. The van der Waals surface area contributed by atoms with Gasteiger partial charge in [0.2, 0.25) is 0 Å². The van der Waals surface area contributed by atoms with Gasteiger partial charge in [-0.1, -0.05) is 86.6 Å². The summed E-state index contributed by atoms with van der Waals surface area (Å²) >= 11 is 0. The zero-order chi connectivity index (χ0) is 27.6. The molecule has 8 aromatic rings. The average molecular weight is 703 g/mol. The topological polar surface area (TPSA) is 0 Å². The molecule has 0 aliphatic heterocycles. The van der Waals surface area contributed by atoms with Gasteiger partial charge in [0.05, 0.1) is 0 Å². The quantitative estimate of drug-likeness (QED) is 0.160. The fourth-order valence-corrected chi connectivity index (χ4v) is 4.95. The van der Waals surface area contributed by atoms with Crippen LogP contribution in [0.5, 0.6) is 0 Å². The summed E-state index contributed by atoms with van der Waals surface area (Å²) in [5.74, 6) is 0. The monoisotopic (exact) mass is 700 g/mol. The maximum atomic E-state index is 2.89. The average Bonchev–Trinajstić information content (AvgIpc) is 3.61. The molecule has 44 heavy (non-hydrogen) atoms. The zero-order valence-electron chi connectivity index (χ0n) is 24.8. The van der Waals surface area contributed by atoms with Crippen molar-refractivity contribution < 1.29 is 51.0 Å². The van der Waals surface area contributed by atoms with Gasteiger partial charge in [-0.3, -0.25) is 0 Å². The van der Waals surface area contributed by atoms with Crippen LogP contribution < -0.4 is 24.8 Å². The fraction of sp³-hybridized carbons (Fsp3) is 0.0500. The summed E-state index contributed by atoms with van der Waals surface area (Å²) < 4.78 is 0. The van der Waals surface area contributed by atoms with E-state index in [1.54, 1.807) is 0 Å². The number of rotatable bonds is 0. The Morgan fingerprint density at radius 1 is 0.409 bits per heavy atom. The van der Waals surface area contributed by atoms with Crippen molar-refractivity contribution in [2.45, 2.75) is 13.8 Å². The Morgan fingerprint density at radius 2 is 0.750 bits per heavy atom. The molecule has 0 N–H and O–H groups in total. The van der Waals surface area contributed by atoms with Crippen molar-refractivity contribution in [1.82, 2.24) is 0 Å². The maximum Gasteiger partial charge on any atom is 2.00 e. The van der Waals surface area contributed by atoms with Crippen molar-refractivity contribution in [2.24, 2.45) is 0 Å². The Bertz CT molecular complexity index is 1730. The minimum atomic E-state index is 0. The second kappa shape index (κ2) is 19.9. The third kappa shape index (κ3) is 9.88. The molecule has 0 saturated carbocycles. The van der Waals surface area contributed by atoms with Crippen molar-refractivity contribution in [1.29, 1.82) is 0 Å². The van der Waals surface area contributed by atoms with E-state index in [9.17, 15) is 0 Å². The summed E-state index contributed by atoms with van der Waals surface area (Å²) in [5.41, 5.74) is 2.72. The normalized spacial score (nSPS) is 9.32. The van der Waals surface area contributed by atoms with Crippen LogP contribution in [0.25, 0.3) is 43.1 Å². The van der Waals surface area contributed by atoms with Crippen LogP contribution in [0, 0.1) is 26.0 Å². The van der Waals surface area contributed by atoms with E-state index in [-0.39, 0.29) is 62.0 Å². The molecule has 0 heterocycles. The number of fused-ring (bicyclic) bond motifs is 6. The van der Waals surface area contributed by atoms with Crippen LogP contribution in [-0.2, 0) is 26.2 Å². The van der Waals surface area contributed by atoms with Gasteiger partial charge in [-0.15, -0.1) is 78.5 Å². The number of benzene rings is 6. The first-order chi connectivity index (χ1) is 19.7. The van der Waals surface area contributed by atoms with E-state index in [1.807, 2.05) is 60.7 Å². The zero-order valence-corrected chi connectivity index (χ0v) is 29.7. The van der Waals surface area contributed by atoms with E-state index in [4.69, 9.17) is 0 Å². The molecule has 0 spiro atoms. The van der Waals surface area contributed by atoms with Gasteiger partial charge in [0.25, 0.3) is 0 Å². The van der Waals surface area contributed by atoms with Crippen molar-refractivity contribution >= 4 is 54.1 Å². The smallest absolute Gasteiger partial charge is 1.00 e. The number of hydrogen-bond acceptors (Lipinski definition) is 0. The molecule has 0 amide bonds. The Kier molecular flexibility index (Phi) is 17.5. The number of hydrogen-bond donors (Lipinski definition) is 0. The number of halogens is 2. The van der Waals surface area contributed by atoms with E-state index < -0.39 is 0 Å². The van der Waals surface area contributed by atoms with Crippen molar-refractivity contribution in [2.75, 3.05) is 0 Å². The molecular weight excluding hydrogens is 671 g/mol. The summed E-state index contributed by atoms with van der Waals surface area (Å²) in [7, 11) is 0. The molecular formula is C40H32Cl2SiZr-4. The summed E-state index contributed by atoms with van der Waals surface area (Å²) in [6, 6.07) is 59.7. The largest absolute Gasteiger partial charge is 2.00 e. The molecule has 4 heteroatoms. The SMILES string of the molecule is Cc1cccc2c1[cH-]c1ccccc12.Cc1cccc2c1[cH-]c1ccccc12.[Cl-].[Cl-].[Si].[Zr+2].[c-]1ccccc1.[c-]1ccccc1. The molecule has 0 saturated heterocycles. The molecule has 0 aromatic heterocycles. The Morgan fingerprint density at radius 3 is 1.07 bits per heavy atom. The third-order valence-corrected chi connectivity index (χ3v) is 6.96. The molecule has 8 rings (SSSR count). The van der Waals surface area contributed by atoms with E-state index in [0.29, 0.717) is 0 Å². The van der Waals surface area contributed by atoms with Crippen LogP contribution in [-0.4, -0.2) is 11.0 Å². The minimum absolute atomic E-state index is 0. The molecule has 218 valence electrons. The molecule has 0 aliphatic carbocycles. The van der Waals surface area contributed by atoms with Crippen LogP contribution in [0.4, 0.5) is 0 Å². The van der Waals surface area contributed by atoms with Gasteiger partial charge in [0, 0.05) is 11.0 Å². The van der Waals surface area contributed by atoms with E-state index in [0.717, 1.165) is 0 Å². The first-order valence-electron chi connectivity index (χ1n) is 13.6. The van der Waals surface area contributed by atoms with Crippen LogP contribution in [0.2, 0.25) is 0 Å². The van der Waals surface area contributed by atoms with Gasteiger partial charge < -0.3 is 24.8 Å². The molecule has 8 aromatic carbocycles. The predicted octanol–water partition coefficient (Wildman–Crippen LogP) is 4.64. The van der Waals surface area contributed by atoms with Crippen molar-refractivity contribution in [3.63, 3.8) is 0 Å². The van der Waals surface area contributed by atoms with Crippen molar-refractivity contribution in [3.8, 4) is 0 Å². The maximum absolute atomic E-state index is 2.89. The Hall–Kier alpha value is -3.26. The van der Waals surface area contributed by atoms with Crippen molar-refractivity contribution in [3.05, 3.63) is 181 Å². The van der Waals surface area contributed by atoms with Gasteiger partial charge in [-0.25, -0.2) is 0 Å². The van der Waals surface area contributed by atoms with Gasteiger partial charge in [0.15, 0.2) is 0 Å². The summed E-state index contributed by atoms with van der Waals surface area (Å²) in [4.78, 5) is 0. The summed E-state index contributed by atoms with van der Waals surface area (Å²) in [6.45, 7) is 4.34. The molecule has 0 unspecified atom stereocenters. The summed E-state index contributed by atoms with van der Waals surface area (Å²) in [5, 5.41) is 10.9. The standard InChI is InChI=1S/2C14H11.2C6H5.2ClH.Si.Zr/c2*1-10-5-4-8-13-12-7-3-2-6-11(12)9-14(10)13;2*1-2-4-6-5-3-1;;;;/h2*2-9H,1H3;2*1-5H;2*1H;;/q4*-1;;;;+2/p-2. The Labute approximate surface area is 297 Å². The Balaban J connectivity index is 0.000000304. The van der Waals surface area contributed by atoms with Crippen LogP contribution in [0.3, 0.4) is 0 Å². The van der Waals surface area contributed by atoms with Crippen LogP contribution in [0.15, 0.2) is 158 Å². The van der Waals surface area contributed by atoms with Gasteiger partial charge in [-0.05, 0) is 0 Å². The van der Waals surface area contributed by atoms with E-state index in [1.165, 1.54) is 54.2 Å². The molecule has 0 nitrogen and oxygen atoms in total. The van der Waals surface area contributed by atoms with E-state index >= 15 is 0 Å². The molecule has 0 aliphatic rings. The van der Waals surface area contributed by atoms with Crippen LogP contribution in [0.1, 0.15) is 11.1 Å². The fourth-order valence-electron chi connectivity index (χ4n) is 4.95. The molecule has 0 fully saturated rings. The number of aryl methyl sites for hydroxylation is 2. The minimum Gasteiger partial charge on any atom is -1.00 e. The molecule has 0 bridgehead atoms. The van der Waals surface area contributed by atoms with Gasteiger partial charge >= 0.3 is 26.2 Å². The van der Waals surface area contributed by atoms with E-state index in [2.05, 4.69) is 123 Å². The van der Waals surface area contributed by atoms with Crippen LogP contribution >= 0.6 is 0 Å². The predicted molar refractivity (Wildman–Crippen MR) is 180 cm³/mol. The molecule has 4 radical (unpaired) electrons.